The molecule has 2 rings (SSSR count). The molecule has 2 atom stereocenters. The van der Waals surface area contributed by atoms with Gasteiger partial charge in [0, 0.05) is 0 Å². The van der Waals surface area contributed by atoms with Crippen LogP contribution in [-0.2, 0) is 4.79 Å². The Morgan fingerprint density at radius 2 is 2.44 bits per heavy atom. The molecule has 86 valence electrons. The van der Waals surface area contributed by atoms with Gasteiger partial charge in [0.15, 0.2) is 0 Å². The second-order valence-electron chi connectivity index (χ2n) is 3.38. The van der Waals surface area contributed by atoms with Crippen LogP contribution in [0.3, 0.4) is 0 Å². The Labute approximate surface area is 95.4 Å². The molecule has 6 nitrogen and oxygen atoms in total. The Balaban J connectivity index is 2.32. The molecular weight excluding hydrogens is 230 g/mol. The van der Waals surface area contributed by atoms with Crippen molar-refractivity contribution in [3.63, 3.8) is 0 Å². The number of aliphatic hydroxyl groups is 1. The predicted molar refractivity (Wildman–Crippen MR) is 58.6 cm³/mol. The molecule has 1 aliphatic rings. The number of nitrogens with one attached hydrogen (secondary N) is 1. The number of thiophene rings is 1. The minimum atomic E-state index is -1.03. The lowest BCUT2D eigenvalue weighted by molar-refractivity contribution is -0.121. The second-order valence-corrected chi connectivity index (χ2v) is 4.30. The molecule has 1 aromatic rings. The van der Waals surface area contributed by atoms with Crippen LogP contribution in [0.15, 0.2) is 16.6 Å². The van der Waals surface area contributed by atoms with Crippen molar-refractivity contribution in [3.8, 4) is 0 Å². The number of hydrogen-bond acceptors (Lipinski definition) is 6. The van der Waals surface area contributed by atoms with Gasteiger partial charge in [-0.15, -0.1) is 11.3 Å². The van der Waals surface area contributed by atoms with E-state index in [0.29, 0.717) is 4.88 Å². The third-order valence-electron chi connectivity index (χ3n) is 2.47. The van der Waals surface area contributed by atoms with Crippen LogP contribution in [0.1, 0.15) is 16.5 Å². The van der Waals surface area contributed by atoms with Crippen LogP contribution in [0.5, 0.6) is 0 Å². The number of hydrogen-bond donors (Lipinski definition) is 4. The highest BCUT2D eigenvalue weighted by Gasteiger charge is 2.39. The molecule has 5 N–H and O–H groups in total. The maximum Gasteiger partial charge on any atom is 0.234 e. The van der Waals surface area contributed by atoms with E-state index in [-0.39, 0.29) is 18.2 Å². The van der Waals surface area contributed by atoms with Crippen molar-refractivity contribution in [1.29, 1.82) is 0 Å². The molecule has 0 aliphatic heterocycles. The summed E-state index contributed by atoms with van der Waals surface area (Å²) in [6.45, 7) is -0.145. The molecular formula is C9H11N3O3S. The van der Waals surface area contributed by atoms with Crippen molar-refractivity contribution in [2.75, 3.05) is 6.54 Å². The summed E-state index contributed by atoms with van der Waals surface area (Å²) in [7, 11) is 0. The molecule has 0 radical (unpaired) electrons. The number of nitrogens with zero attached hydrogens (tertiary/aromatic N) is 1. The van der Waals surface area contributed by atoms with Gasteiger partial charge >= 0.3 is 0 Å². The number of nitrogens with two attached hydrogens (primary N) is 1. The zero-order chi connectivity index (χ0) is 11.7. The monoisotopic (exact) mass is 241 g/mol. The zero-order valence-corrected chi connectivity index (χ0v) is 9.07. The molecule has 1 heterocycles. The molecule has 7 heteroatoms. The maximum absolute atomic E-state index is 11.2. The molecule has 0 aromatic carbocycles. The molecule has 0 spiro atoms. The number of oxime groups is 1. The van der Waals surface area contributed by atoms with E-state index in [4.69, 9.17) is 10.9 Å². The Bertz CT molecular complexity index is 443. The number of amides is 1. The van der Waals surface area contributed by atoms with Gasteiger partial charge in [0.2, 0.25) is 5.91 Å². The first kappa shape index (κ1) is 11.1. The van der Waals surface area contributed by atoms with E-state index in [0.717, 1.165) is 5.56 Å². The number of carbonyl (C=O) groups is 1. The summed E-state index contributed by atoms with van der Waals surface area (Å²) in [6, 6.07) is 1.20. The van der Waals surface area contributed by atoms with E-state index in [9.17, 15) is 9.90 Å². The molecule has 0 fully saturated rings. The second kappa shape index (κ2) is 4.20. The van der Waals surface area contributed by atoms with Gasteiger partial charge in [-0.25, -0.2) is 0 Å². The lowest BCUT2D eigenvalue weighted by atomic mass is 10.1. The molecule has 2 unspecified atom stereocenters. The lowest BCUT2D eigenvalue weighted by Crippen LogP contribution is -2.38. The lowest BCUT2D eigenvalue weighted by Gasteiger charge is -2.16. The normalized spacial score (nSPS) is 25.8. The van der Waals surface area contributed by atoms with Crippen LogP contribution in [0.4, 0.5) is 0 Å². The van der Waals surface area contributed by atoms with Crippen molar-refractivity contribution in [2.45, 2.75) is 12.1 Å². The van der Waals surface area contributed by atoms with Gasteiger partial charge in [-0.05, 0) is 17.0 Å². The van der Waals surface area contributed by atoms with Gasteiger partial charge in [-0.3, -0.25) is 4.79 Å². The van der Waals surface area contributed by atoms with Gasteiger partial charge in [0.25, 0.3) is 0 Å². The van der Waals surface area contributed by atoms with Crippen LogP contribution in [0, 0.1) is 0 Å². The molecule has 0 saturated carbocycles. The topological polar surface area (TPSA) is 108 Å². The van der Waals surface area contributed by atoms with E-state index in [1.54, 1.807) is 6.07 Å². The Hall–Kier alpha value is -1.44. The summed E-state index contributed by atoms with van der Waals surface area (Å²) in [4.78, 5) is 11.9. The fourth-order valence-corrected chi connectivity index (χ4v) is 2.69. The van der Waals surface area contributed by atoms with Gasteiger partial charge in [-0.2, -0.15) is 0 Å². The smallest absolute Gasteiger partial charge is 0.234 e. The van der Waals surface area contributed by atoms with E-state index >= 15 is 0 Å². The first-order valence-electron chi connectivity index (χ1n) is 4.66. The third kappa shape index (κ3) is 1.58. The minimum Gasteiger partial charge on any atom is -0.411 e. The van der Waals surface area contributed by atoms with Crippen LogP contribution in [0.2, 0.25) is 0 Å². The Kier molecular flexibility index (Phi) is 2.90. The molecule has 1 amide bonds. The van der Waals surface area contributed by atoms with Crippen molar-refractivity contribution in [1.82, 2.24) is 5.32 Å². The van der Waals surface area contributed by atoms with Crippen LogP contribution in [0.25, 0.3) is 0 Å². The Morgan fingerprint density at radius 3 is 3.06 bits per heavy atom. The van der Waals surface area contributed by atoms with Crippen molar-refractivity contribution in [3.05, 3.63) is 21.9 Å². The minimum absolute atomic E-state index is 0.145. The molecule has 16 heavy (non-hydrogen) atoms. The fourth-order valence-electron chi connectivity index (χ4n) is 1.73. The van der Waals surface area contributed by atoms with Gasteiger partial charge in [0.05, 0.1) is 17.5 Å². The van der Waals surface area contributed by atoms with Crippen LogP contribution < -0.4 is 11.1 Å². The summed E-state index contributed by atoms with van der Waals surface area (Å²) in [5.74, 6) is -0.361. The molecule has 1 aliphatic carbocycles. The van der Waals surface area contributed by atoms with Gasteiger partial charge < -0.3 is 21.4 Å². The standard InChI is InChI=1S/C9H11N3O3S/c10-3-5(13)11-6-4-1-2-16-9(4)7(12-15)8(6)14/h1-2,6,8,14-15H,3,10H2,(H,11,13)/b12-7-. The van der Waals surface area contributed by atoms with E-state index < -0.39 is 12.1 Å². The Morgan fingerprint density at radius 1 is 1.69 bits per heavy atom. The first-order valence-corrected chi connectivity index (χ1v) is 5.54. The average Bonchev–Trinajstić information content (AvgIpc) is 2.82. The van der Waals surface area contributed by atoms with Gasteiger partial charge in [-0.1, -0.05) is 5.16 Å². The first-order chi connectivity index (χ1) is 7.69. The quantitative estimate of drug-likeness (QED) is 0.410. The SMILES string of the molecule is NCC(=O)NC1c2ccsc2/C(=N\O)C1O. The largest absolute Gasteiger partial charge is 0.411 e. The maximum atomic E-state index is 11.2. The summed E-state index contributed by atoms with van der Waals surface area (Å²) >= 11 is 1.35. The van der Waals surface area contributed by atoms with E-state index in [1.165, 1.54) is 11.3 Å². The molecule has 0 saturated heterocycles. The van der Waals surface area contributed by atoms with E-state index in [1.807, 2.05) is 5.38 Å². The summed E-state index contributed by atoms with van der Waals surface area (Å²) < 4.78 is 0. The van der Waals surface area contributed by atoms with Crippen molar-refractivity contribution in [2.24, 2.45) is 10.9 Å². The molecule has 1 aromatic heterocycles. The highest BCUT2D eigenvalue weighted by atomic mass is 32.1. The molecule has 0 bridgehead atoms. The number of fused-ring (bicyclic) bond motifs is 1. The summed E-state index contributed by atoms with van der Waals surface area (Å²) in [5, 5.41) is 26.1. The third-order valence-corrected chi connectivity index (χ3v) is 3.42. The zero-order valence-electron chi connectivity index (χ0n) is 8.25. The average molecular weight is 241 g/mol. The van der Waals surface area contributed by atoms with Crippen LogP contribution >= 0.6 is 11.3 Å². The number of aliphatic hydroxyl groups excluding tert-OH is 1. The van der Waals surface area contributed by atoms with Crippen molar-refractivity contribution < 1.29 is 15.1 Å². The summed E-state index contributed by atoms with van der Waals surface area (Å²) in [6.07, 6.45) is -1.03. The number of carbonyl (C=O) groups excluding carboxylic acids is 1. The van der Waals surface area contributed by atoms with Gasteiger partial charge in [0.1, 0.15) is 11.8 Å². The highest BCUT2D eigenvalue weighted by Crippen LogP contribution is 2.35. The van der Waals surface area contributed by atoms with Crippen molar-refractivity contribution >= 4 is 23.0 Å². The number of rotatable bonds is 2. The van der Waals surface area contributed by atoms with E-state index in [2.05, 4.69) is 10.5 Å². The predicted octanol–water partition coefficient (Wildman–Crippen LogP) is -0.583. The summed E-state index contributed by atoms with van der Waals surface area (Å²) in [5.41, 5.74) is 6.13. The fraction of sp³-hybridized carbons (Fsp3) is 0.333. The van der Waals surface area contributed by atoms with Crippen LogP contribution in [-0.4, -0.2) is 34.6 Å². The highest BCUT2D eigenvalue weighted by molar-refractivity contribution is 7.12.